The van der Waals surface area contributed by atoms with E-state index in [9.17, 15) is 17.6 Å². The van der Waals surface area contributed by atoms with E-state index in [2.05, 4.69) is 22.3 Å². The minimum atomic E-state index is -3.78. The largest absolute Gasteiger partial charge is 0.350 e. The highest BCUT2D eigenvalue weighted by Gasteiger charge is 2.29. The van der Waals surface area contributed by atoms with E-state index in [0.717, 1.165) is 41.8 Å². The lowest BCUT2D eigenvalue weighted by Crippen LogP contribution is -2.47. The fourth-order valence-corrected chi connectivity index (χ4v) is 4.89. The van der Waals surface area contributed by atoms with Crippen molar-refractivity contribution in [3.05, 3.63) is 65.5 Å². The molecule has 1 aliphatic rings. The Labute approximate surface area is 177 Å². The van der Waals surface area contributed by atoms with Crippen molar-refractivity contribution < 1.29 is 17.6 Å². The average Bonchev–Trinajstić information content (AvgIpc) is 3.19. The van der Waals surface area contributed by atoms with Crippen LogP contribution in [0.3, 0.4) is 0 Å². The Morgan fingerprint density at radius 3 is 2.37 bits per heavy atom. The van der Waals surface area contributed by atoms with Gasteiger partial charge >= 0.3 is 0 Å². The molecule has 3 rings (SSSR count). The van der Waals surface area contributed by atoms with Crippen molar-refractivity contribution in [3.63, 3.8) is 0 Å². The lowest BCUT2D eigenvalue weighted by molar-refractivity contribution is -0.122. The van der Waals surface area contributed by atoms with Gasteiger partial charge in [-0.2, -0.15) is 0 Å². The number of hydrogen-bond donors (Lipinski definition) is 1. The van der Waals surface area contributed by atoms with Crippen molar-refractivity contribution in [3.8, 4) is 0 Å². The van der Waals surface area contributed by atoms with Crippen LogP contribution in [-0.2, 0) is 27.9 Å². The first-order valence-electron chi connectivity index (χ1n) is 10.1. The van der Waals surface area contributed by atoms with E-state index in [-0.39, 0.29) is 12.2 Å². The van der Waals surface area contributed by atoms with Crippen LogP contribution in [0.1, 0.15) is 30.9 Å². The van der Waals surface area contributed by atoms with E-state index < -0.39 is 27.8 Å². The predicted molar refractivity (Wildman–Crippen MR) is 116 cm³/mol. The zero-order valence-corrected chi connectivity index (χ0v) is 18.2. The fourth-order valence-electron chi connectivity index (χ4n) is 3.72. The number of nitrogens with zero attached hydrogens (tertiary/aromatic N) is 2. The zero-order valence-electron chi connectivity index (χ0n) is 17.3. The average molecular weight is 434 g/mol. The van der Waals surface area contributed by atoms with Gasteiger partial charge in [-0.05, 0) is 62.2 Å². The summed E-state index contributed by atoms with van der Waals surface area (Å²) in [4.78, 5) is 15.1. The summed E-state index contributed by atoms with van der Waals surface area (Å²) in [5.74, 6) is -1.02. The van der Waals surface area contributed by atoms with E-state index in [1.165, 1.54) is 43.5 Å². The highest BCUT2D eigenvalue weighted by molar-refractivity contribution is 7.92. The van der Waals surface area contributed by atoms with Crippen molar-refractivity contribution in [2.75, 3.05) is 23.7 Å². The molecule has 0 spiro atoms. The number of carbonyl (C=O) groups is 1. The van der Waals surface area contributed by atoms with Crippen molar-refractivity contribution in [2.24, 2.45) is 0 Å². The highest BCUT2D eigenvalue weighted by atomic mass is 32.2. The molecule has 0 radical (unpaired) electrons. The highest BCUT2D eigenvalue weighted by Crippen LogP contribution is 2.22. The smallest absolute Gasteiger partial charge is 0.243 e. The number of carbonyl (C=O) groups excluding carboxylic acids is 1. The number of amides is 1. The van der Waals surface area contributed by atoms with Gasteiger partial charge in [0, 0.05) is 13.1 Å². The molecule has 1 amide bonds. The normalized spacial score (nSPS) is 15.7. The summed E-state index contributed by atoms with van der Waals surface area (Å²) in [7, 11) is -3.78. The Bertz CT molecular complexity index is 973. The van der Waals surface area contributed by atoms with Crippen molar-refractivity contribution in [1.29, 1.82) is 0 Å². The van der Waals surface area contributed by atoms with Gasteiger partial charge in [0.15, 0.2) is 0 Å². The van der Waals surface area contributed by atoms with Gasteiger partial charge in [-0.15, -0.1) is 0 Å². The summed E-state index contributed by atoms with van der Waals surface area (Å²) in [6.45, 7) is 4.98. The Kier molecular flexibility index (Phi) is 7.10. The lowest BCUT2D eigenvalue weighted by atomic mass is 10.1. The monoisotopic (exact) mass is 433 g/mol. The number of hydrogen-bond acceptors (Lipinski definition) is 4. The first-order valence-corrected chi connectivity index (χ1v) is 11.9. The van der Waals surface area contributed by atoms with E-state index >= 15 is 0 Å². The molecule has 1 fully saturated rings. The Morgan fingerprint density at radius 1 is 1.13 bits per heavy atom. The molecular formula is C22H28FN3O3S. The first kappa shape index (κ1) is 22.2. The summed E-state index contributed by atoms with van der Waals surface area (Å²) in [6.07, 6.45) is 3.51. The number of benzene rings is 2. The zero-order chi connectivity index (χ0) is 21.7. The number of sulfonamides is 1. The second-order valence-corrected chi connectivity index (χ2v) is 9.59. The van der Waals surface area contributed by atoms with Gasteiger partial charge in [-0.3, -0.25) is 14.0 Å². The maximum absolute atomic E-state index is 13.6. The molecule has 0 aromatic heterocycles. The van der Waals surface area contributed by atoms with Crippen LogP contribution in [0.15, 0.2) is 48.5 Å². The number of nitrogens with one attached hydrogen (secondary N) is 1. The van der Waals surface area contributed by atoms with Gasteiger partial charge in [-0.25, -0.2) is 12.8 Å². The second-order valence-electron chi connectivity index (χ2n) is 7.73. The molecule has 0 aliphatic carbocycles. The maximum Gasteiger partial charge on any atom is 0.243 e. The fraction of sp³-hybridized carbons (Fsp3) is 0.409. The summed E-state index contributed by atoms with van der Waals surface area (Å²) >= 11 is 0. The molecule has 1 saturated heterocycles. The van der Waals surface area contributed by atoms with Gasteiger partial charge in [0.05, 0.1) is 11.9 Å². The molecule has 1 N–H and O–H groups in total. The van der Waals surface area contributed by atoms with Gasteiger partial charge in [0.2, 0.25) is 15.9 Å². The van der Waals surface area contributed by atoms with E-state index in [0.29, 0.717) is 0 Å². The molecule has 8 heteroatoms. The second kappa shape index (κ2) is 9.57. The minimum Gasteiger partial charge on any atom is -0.350 e. The predicted octanol–water partition coefficient (Wildman–Crippen LogP) is 2.89. The van der Waals surface area contributed by atoms with Crippen LogP contribution in [0.2, 0.25) is 0 Å². The number of anilines is 1. The van der Waals surface area contributed by atoms with Crippen molar-refractivity contribution in [2.45, 2.75) is 38.9 Å². The van der Waals surface area contributed by atoms with Crippen molar-refractivity contribution >= 4 is 21.6 Å². The Balaban J connectivity index is 1.62. The molecule has 1 aliphatic heterocycles. The van der Waals surface area contributed by atoms with Crippen LogP contribution in [0, 0.1) is 5.82 Å². The molecule has 1 unspecified atom stereocenters. The lowest BCUT2D eigenvalue weighted by Gasteiger charge is -2.28. The van der Waals surface area contributed by atoms with Gasteiger partial charge in [-0.1, -0.05) is 30.3 Å². The minimum absolute atomic E-state index is 0.117. The summed E-state index contributed by atoms with van der Waals surface area (Å²) < 4.78 is 39.0. The van der Waals surface area contributed by atoms with Crippen LogP contribution in [-0.4, -0.2) is 44.6 Å². The SMILES string of the molecule is CC(C(=O)NCc1ccc(CN2CCCC2)cc1)N(c1cccc(F)c1)S(C)(=O)=O. The third-order valence-corrected chi connectivity index (χ3v) is 6.49. The number of likely N-dealkylation sites (tertiary alicyclic amines) is 1. The molecule has 162 valence electrons. The summed E-state index contributed by atoms with van der Waals surface area (Å²) in [5.41, 5.74) is 2.28. The van der Waals surface area contributed by atoms with Crippen LogP contribution < -0.4 is 9.62 Å². The van der Waals surface area contributed by atoms with Crippen LogP contribution in [0.5, 0.6) is 0 Å². The van der Waals surface area contributed by atoms with Crippen LogP contribution in [0.4, 0.5) is 10.1 Å². The first-order chi connectivity index (χ1) is 14.2. The molecule has 0 saturated carbocycles. The third kappa shape index (κ3) is 5.79. The maximum atomic E-state index is 13.6. The molecule has 2 aromatic carbocycles. The van der Waals surface area contributed by atoms with E-state index in [1.54, 1.807) is 0 Å². The van der Waals surface area contributed by atoms with Gasteiger partial charge < -0.3 is 5.32 Å². The summed E-state index contributed by atoms with van der Waals surface area (Å²) in [6, 6.07) is 12.2. The molecule has 2 aromatic rings. The summed E-state index contributed by atoms with van der Waals surface area (Å²) in [5, 5.41) is 2.78. The molecular weight excluding hydrogens is 405 g/mol. The van der Waals surface area contributed by atoms with Gasteiger partial charge in [0.1, 0.15) is 11.9 Å². The Morgan fingerprint density at radius 2 is 1.77 bits per heavy atom. The molecule has 30 heavy (non-hydrogen) atoms. The van der Waals surface area contributed by atoms with Gasteiger partial charge in [0.25, 0.3) is 0 Å². The quantitative estimate of drug-likeness (QED) is 0.695. The number of halogens is 1. The molecule has 1 heterocycles. The van der Waals surface area contributed by atoms with E-state index in [4.69, 9.17) is 0 Å². The van der Waals surface area contributed by atoms with Crippen molar-refractivity contribution in [1.82, 2.24) is 10.2 Å². The molecule has 6 nitrogen and oxygen atoms in total. The molecule has 0 bridgehead atoms. The Hall–Kier alpha value is -2.45. The standard InChI is InChI=1S/C22H28FN3O3S/c1-17(26(30(2,28)29)21-7-5-6-20(23)14-21)22(27)24-15-18-8-10-19(11-9-18)16-25-12-3-4-13-25/h5-11,14,17H,3-4,12-13,15-16H2,1-2H3,(H,24,27). The van der Waals surface area contributed by atoms with Crippen LogP contribution >= 0.6 is 0 Å². The topological polar surface area (TPSA) is 69.7 Å². The number of rotatable bonds is 8. The van der Waals surface area contributed by atoms with E-state index in [1.807, 2.05) is 12.1 Å². The van der Waals surface area contributed by atoms with Crippen LogP contribution in [0.25, 0.3) is 0 Å². The molecule has 1 atom stereocenters. The third-order valence-electron chi connectivity index (χ3n) is 5.25.